The number of nitrogens with zero attached hydrogens (tertiary/aromatic N) is 5. The van der Waals surface area contributed by atoms with Gasteiger partial charge in [-0.15, -0.1) is 11.3 Å². The number of piperazine rings is 1. The van der Waals surface area contributed by atoms with E-state index in [0.717, 1.165) is 11.6 Å². The number of hydrogen-bond donors (Lipinski definition) is 0. The molecule has 182 valence electrons. The number of benzene rings is 1. The summed E-state index contributed by atoms with van der Waals surface area (Å²) in [5.74, 6) is -0.516. The van der Waals surface area contributed by atoms with Gasteiger partial charge < -0.3 is 4.90 Å². The zero-order valence-corrected chi connectivity index (χ0v) is 20.4. The smallest absolute Gasteiger partial charge is 0.335 e. The van der Waals surface area contributed by atoms with Gasteiger partial charge in [0.15, 0.2) is 17.0 Å². The van der Waals surface area contributed by atoms with Crippen LogP contribution in [0, 0.1) is 0 Å². The van der Waals surface area contributed by atoms with E-state index in [1.807, 2.05) is 24.3 Å². The summed E-state index contributed by atoms with van der Waals surface area (Å²) in [5, 5.41) is 6.18. The number of thiophene rings is 1. The first-order valence-corrected chi connectivity index (χ1v) is 12.3. The highest BCUT2D eigenvalue weighted by Gasteiger charge is 2.37. The number of alkyl halides is 3. The molecular formula is C23H18Cl2F3N5OS. The fourth-order valence-electron chi connectivity index (χ4n) is 3.99. The summed E-state index contributed by atoms with van der Waals surface area (Å²) >= 11 is 13.6. The molecule has 0 N–H and O–H groups in total. The first kappa shape index (κ1) is 24.1. The molecular weight excluding hydrogens is 522 g/mol. The Bertz CT molecular complexity index is 1360. The largest absolute Gasteiger partial charge is 0.433 e. The van der Waals surface area contributed by atoms with Crippen molar-refractivity contribution in [2.45, 2.75) is 12.7 Å². The molecule has 1 aliphatic rings. The molecule has 1 amide bonds. The van der Waals surface area contributed by atoms with Crippen LogP contribution in [0.4, 0.5) is 13.2 Å². The molecule has 4 heterocycles. The molecule has 1 aliphatic heterocycles. The van der Waals surface area contributed by atoms with Gasteiger partial charge in [-0.2, -0.15) is 18.3 Å². The van der Waals surface area contributed by atoms with Gasteiger partial charge in [-0.25, -0.2) is 9.50 Å². The minimum absolute atomic E-state index is 0.122. The Hall–Kier alpha value is -2.66. The molecule has 0 atom stereocenters. The number of carbonyl (C=O) groups is 1. The summed E-state index contributed by atoms with van der Waals surface area (Å²) in [6.07, 6.45) is -4.71. The van der Waals surface area contributed by atoms with Gasteiger partial charge in [0, 0.05) is 37.7 Å². The van der Waals surface area contributed by atoms with Crippen LogP contribution in [0.2, 0.25) is 10.0 Å². The summed E-state index contributed by atoms with van der Waals surface area (Å²) in [4.78, 5) is 21.8. The first-order valence-electron chi connectivity index (χ1n) is 10.7. The van der Waals surface area contributed by atoms with E-state index in [-0.39, 0.29) is 22.1 Å². The van der Waals surface area contributed by atoms with Crippen molar-refractivity contribution in [2.75, 3.05) is 26.2 Å². The molecule has 1 aromatic carbocycles. The molecule has 0 spiro atoms. The Morgan fingerprint density at radius 2 is 1.77 bits per heavy atom. The predicted molar refractivity (Wildman–Crippen MR) is 129 cm³/mol. The van der Waals surface area contributed by atoms with Crippen molar-refractivity contribution in [3.05, 3.63) is 74.8 Å². The third kappa shape index (κ3) is 4.88. The third-order valence-corrected chi connectivity index (χ3v) is 7.27. The topological polar surface area (TPSA) is 53.7 Å². The van der Waals surface area contributed by atoms with Gasteiger partial charge in [0.2, 0.25) is 0 Å². The van der Waals surface area contributed by atoms with Crippen LogP contribution < -0.4 is 0 Å². The molecule has 1 saturated heterocycles. The number of halogens is 5. The molecule has 3 aromatic heterocycles. The van der Waals surface area contributed by atoms with Gasteiger partial charge in [0.05, 0.1) is 10.6 Å². The van der Waals surface area contributed by atoms with E-state index in [9.17, 15) is 18.0 Å². The Morgan fingerprint density at radius 3 is 2.40 bits per heavy atom. The molecule has 5 rings (SSSR count). The monoisotopic (exact) mass is 539 g/mol. The summed E-state index contributed by atoms with van der Waals surface area (Å²) in [5.41, 5.74) is -0.255. The van der Waals surface area contributed by atoms with Crippen molar-refractivity contribution in [3.8, 4) is 10.6 Å². The molecule has 0 unspecified atom stereocenters. The highest BCUT2D eigenvalue weighted by atomic mass is 35.5. The quantitative estimate of drug-likeness (QED) is 0.331. The van der Waals surface area contributed by atoms with Crippen LogP contribution in [-0.2, 0) is 12.7 Å². The number of amides is 1. The molecule has 1 fully saturated rings. The zero-order chi connectivity index (χ0) is 24.7. The average Bonchev–Trinajstić information content (AvgIpc) is 3.48. The van der Waals surface area contributed by atoms with Gasteiger partial charge >= 0.3 is 6.18 Å². The SMILES string of the molecule is O=C(c1nn2c(C(F)(F)F)cc(-c3cccs3)nc2c1Cl)N1CCN(Cc2ccc(Cl)cc2)CC1. The maximum absolute atomic E-state index is 13.8. The molecule has 0 saturated carbocycles. The normalized spacial score (nSPS) is 15.2. The van der Waals surface area contributed by atoms with Crippen LogP contribution in [0.3, 0.4) is 0 Å². The first-order chi connectivity index (χ1) is 16.7. The summed E-state index contributed by atoms with van der Waals surface area (Å²) in [7, 11) is 0. The van der Waals surface area contributed by atoms with Gasteiger partial charge in [-0.1, -0.05) is 41.4 Å². The maximum atomic E-state index is 13.8. The maximum Gasteiger partial charge on any atom is 0.433 e. The summed E-state index contributed by atoms with van der Waals surface area (Å²) in [6, 6.07) is 11.9. The highest BCUT2D eigenvalue weighted by molar-refractivity contribution is 7.13. The number of fused-ring (bicyclic) bond motifs is 1. The molecule has 0 radical (unpaired) electrons. The molecule has 4 aromatic rings. The van der Waals surface area contributed by atoms with Crippen molar-refractivity contribution in [3.63, 3.8) is 0 Å². The Kier molecular flexibility index (Phi) is 6.47. The second-order valence-corrected chi connectivity index (χ2v) is 9.86. The van der Waals surface area contributed by atoms with Crippen LogP contribution in [0.1, 0.15) is 21.7 Å². The Labute approximate surface area is 212 Å². The lowest BCUT2D eigenvalue weighted by atomic mass is 10.2. The van der Waals surface area contributed by atoms with Crippen molar-refractivity contribution in [2.24, 2.45) is 0 Å². The Balaban J connectivity index is 1.39. The summed E-state index contributed by atoms with van der Waals surface area (Å²) in [6.45, 7) is 2.72. The molecule has 6 nitrogen and oxygen atoms in total. The lowest BCUT2D eigenvalue weighted by molar-refractivity contribution is -0.142. The minimum atomic E-state index is -4.71. The van der Waals surface area contributed by atoms with E-state index in [0.29, 0.717) is 47.1 Å². The van der Waals surface area contributed by atoms with E-state index in [1.165, 1.54) is 11.3 Å². The van der Waals surface area contributed by atoms with E-state index in [4.69, 9.17) is 23.2 Å². The number of rotatable bonds is 4. The van der Waals surface area contributed by atoms with E-state index >= 15 is 0 Å². The van der Waals surface area contributed by atoms with Crippen molar-refractivity contribution < 1.29 is 18.0 Å². The Morgan fingerprint density at radius 1 is 1.06 bits per heavy atom. The number of hydrogen-bond acceptors (Lipinski definition) is 5. The highest BCUT2D eigenvalue weighted by Crippen LogP contribution is 2.35. The van der Waals surface area contributed by atoms with E-state index in [2.05, 4.69) is 15.0 Å². The minimum Gasteiger partial charge on any atom is -0.335 e. The summed E-state index contributed by atoms with van der Waals surface area (Å²) < 4.78 is 42.1. The van der Waals surface area contributed by atoms with Gasteiger partial charge in [0.1, 0.15) is 5.02 Å². The van der Waals surface area contributed by atoms with Gasteiger partial charge in [-0.3, -0.25) is 9.69 Å². The fourth-order valence-corrected chi connectivity index (χ4v) is 5.04. The van der Waals surface area contributed by atoms with E-state index < -0.39 is 17.8 Å². The van der Waals surface area contributed by atoms with Crippen LogP contribution in [-0.4, -0.2) is 56.5 Å². The lowest BCUT2D eigenvalue weighted by Gasteiger charge is -2.34. The van der Waals surface area contributed by atoms with Crippen molar-refractivity contribution >= 4 is 46.1 Å². The fraction of sp³-hybridized carbons (Fsp3) is 0.261. The van der Waals surface area contributed by atoms with Crippen LogP contribution in [0.5, 0.6) is 0 Å². The standard InChI is InChI=1S/C23H18Cl2F3N5OS/c24-15-5-3-14(4-6-15)13-31-7-9-32(10-8-31)22(34)20-19(25)21-29-16(17-2-1-11-35-17)12-18(23(26,27)28)33(21)30-20/h1-6,11-12H,7-10,13H2. The molecule has 0 bridgehead atoms. The number of carbonyl (C=O) groups excluding carboxylic acids is 1. The van der Waals surface area contributed by atoms with Gasteiger partial charge in [-0.05, 0) is 35.2 Å². The van der Waals surface area contributed by atoms with Crippen molar-refractivity contribution in [1.29, 1.82) is 0 Å². The van der Waals surface area contributed by atoms with Crippen LogP contribution in [0.15, 0.2) is 47.8 Å². The van der Waals surface area contributed by atoms with Crippen LogP contribution >= 0.6 is 34.5 Å². The second kappa shape index (κ2) is 9.42. The van der Waals surface area contributed by atoms with Crippen molar-refractivity contribution in [1.82, 2.24) is 24.4 Å². The van der Waals surface area contributed by atoms with Gasteiger partial charge in [0.25, 0.3) is 5.91 Å². The number of aromatic nitrogens is 3. The molecule has 35 heavy (non-hydrogen) atoms. The van der Waals surface area contributed by atoms with Crippen LogP contribution in [0.25, 0.3) is 16.2 Å². The average molecular weight is 540 g/mol. The van der Waals surface area contributed by atoms with E-state index in [1.54, 1.807) is 22.4 Å². The third-order valence-electron chi connectivity index (χ3n) is 5.78. The lowest BCUT2D eigenvalue weighted by Crippen LogP contribution is -2.48. The zero-order valence-electron chi connectivity index (χ0n) is 18.1. The molecule has 0 aliphatic carbocycles. The predicted octanol–water partition coefficient (Wildman–Crippen LogP) is 5.74. The molecule has 12 heteroatoms. The second-order valence-electron chi connectivity index (χ2n) is 8.09.